The van der Waals surface area contributed by atoms with Crippen LogP contribution in [0.4, 0.5) is 0 Å². The fraction of sp³-hybridized carbons (Fsp3) is 0.235. The van der Waals surface area contributed by atoms with Gasteiger partial charge in [0.05, 0.1) is 10.9 Å². The van der Waals surface area contributed by atoms with Crippen molar-refractivity contribution in [3.05, 3.63) is 58.3 Å². The van der Waals surface area contributed by atoms with Crippen molar-refractivity contribution in [2.24, 2.45) is 0 Å². The van der Waals surface area contributed by atoms with Gasteiger partial charge in [0.25, 0.3) is 0 Å². The lowest BCUT2D eigenvalue weighted by Crippen LogP contribution is -2.27. The van der Waals surface area contributed by atoms with Gasteiger partial charge in [-0.2, -0.15) is 4.98 Å². The van der Waals surface area contributed by atoms with Crippen molar-refractivity contribution in [2.45, 2.75) is 25.8 Å². The van der Waals surface area contributed by atoms with Gasteiger partial charge in [-0.25, -0.2) is 0 Å². The van der Waals surface area contributed by atoms with Gasteiger partial charge in [0, 0.05) is 17.9 Å². The second-order valence-corrected chi connectivity index (χ2v) is 6.65. The number of carbonyl (C=O) groups is 1. The van der Waals surface area contributed by atoms with Crippen LogP contribution < -0.4 is 5.32 Å². The third-order valence-electron chi connectivity index (χ3n) is 3.52. The van der Waals surface area contributed by atoms with E-state index in [9.17, 15) is 4.79 Å². The van der Waals surface area contributed by atoms with E-state index in [2.05, 4.69) is 15.5 Å². The number of aryl methyl sites for hydroxylation is 1. The van der Waals surface area contributed by atoms with Gasteiger partial charge in [0.2, 0.25) is 17.6 Å². The number of benzene rings is 1. The molecule has 5 nitrogen and oxygen atoms in total. The van der Waals surface area contributed by atoms with Crippen LogP contribution in [0.25, 0.3) is 10.7 Å². The molecule has 0 spiro atoms. The minimum atomic E-state index is -0.157. The smallest absolute Gasteiger partial charge is 0.227 e. The predicted octanol–water partition coefficient (Wildman–Crippen LogP) is 4.26. The number of hydrogen-bond donors (Lipinski definition) is 1. The Morgan fingerprint density at radius 1 is 1.33 bits per heavy atom. The summed E-state index contributed by atoms with van der Waals surface area (Å²) in [4.78, 5) is 17.4. The molecule has 0 bridgehead atoms. The molecule has 0 saturated carbocycles. The Balaban J connectivity index is 1.53. The fourth-order valence-electron chi connectivity index (χ4n) is 2.30. The van der Waals surface area contributed by atoms with E-state index in [0.29, 0.717) is 23.2 Å². The quantitative estimate of drug-likeness (QED) is 0.712. The number of amides is 1. The number of hydrogen-bond acceptors (Lipinski definition) is 5. The lowest BCUT2D eigenvalue weighted by atomic mass is 10.1. The van der Waals surface area contributed by atoms with E-state index in [1.54, 1.807) is 11.3 Å². The van der Waals surface area contributed by atoms with Gasteiger partial charge in [-0.3, -0.25) is 4.79 Å². The maximum atomic E-state index is 12.1. The van der Waals surface area contributed by atoms with Gasteiger partial charge in [-0.1, -0.05) is 41.0 Å². The number of carbonyl (C=O) groups excluding carboxylic acids is 1. The molecule has 0 aliphatic heterocycles. The first kappa shape index (κ1) is 16.7. The fourth-order valence-corrected chi connectivity index (χ4v) is 3.25. The highest BCUT2D eigenvalue weighted by Crippen LogP contribution is 2.23. The molecule has 3 aromatic rings. The zero-order valence-electron chi connectivity index (χ0n) is 13.0. The predicted molar refractivity (Wildman–Crippen MR) is 93.9 cm³/mol. The van der Waals surface area contributed by atoms with Crippen molar-refractivity contribution < 1.29 is 9.32 Å². The summed E-state index contributed by atoms with van der Waals surface area (Å²) in [6.45, 7) is 1.90. The summed E-state index contributed by atoms with van der Waals surface area (Å²) in [5, 5.41) is 9.46. The van der Waals surface area contributed by atoms with E-state index in [4.69, 9.17) is 16.1 Å². The Morgan fingerprint density at radius 2 is 2.17 bits per heavy atom. The van der Waals surface area contributed by atoms with E-state index >= 15 is 0 Å². The van der Waals surface area contributed by atoms with E-state index < -0.39 is 0 Å². The molecule has 24 heavy (non-hydrogen) atoms. The zero-order valence-corrected chi connectivity index (χ0v) is 14.6. The number of nitrogens with one attached hydrogen (secondary N) is 1. The van der Waals surface area contributed by atoms with Crippen LogP contribution in [0.15, 0.2) is 46.3 Å². The Morgan fingerprint density at radius 3 is 2.92 bits per heavy atom. The van der Waals surface area contributed by atoms with Crippen molar-refractivity contribution in [2.75, 3.05) is 0 Å². The Labute approximate surface area is 148 Å². The summed E-state index contributed by atoms with van der Waals surface area (Å²) in [5.41, 5.74) is 0.894. The van der Waals surface area contributed by atoms with Gasteiger partial charge < -0.3 is 9.84 Å². The van der Waals surface area contributed by atoms with Gasteiger partial charge in [-0.05, 0) is 30.0 Å². The summed E-state index contributed by atoms with van der Waals surface area (Å²) in [6.07, 6.45) is 0.681. The number of halogens is 1. The monoisotopic (exact) mass is 361 g/mol. The highest BCUT2D eigenvalue weighted by atomic mass is 35.5. The molecule has 3 rings (SSSR count). The van der Waals surface area contributed by atoms with Crippen molar-refractivity contribution in [3.63, 3.8) is 0 Å². The lowest BCUT2D eigenvalue weighted by Gasteiger charge is -2.15. The molecule has 2 aromatic heterocycles. The van der Waals surface area contributed by atoms with Gasteiger partial charge in [0.15, 0.2) is 0 Å². The molecule has 2 heterocycles. The van der Waals surface area contributed by atoms with Gasteiger partial charge >= 0.3 is 0 Å². The largest absolute Gasteiger partial charge is 0.350 e. The van der Waals surface area contributed by atoms with Crippen molar-refractivity contribution in [1.82, 2.24) is 15.5 Å². The number of nitrogens with zero attached hydrogens (tertiary/aromatic N) is 2. The highest BCUT2D eigenvalue weighted by Gasteiger charge is 2.14. The molecule has 0 radical (unpaired) electrons. The lowest BCUT2D eigenvalue weighted by molar-refractivity contribution is -0.121. The molecular weight excluding hydrogens is 346 g/mol. The summed E-state index contributed by atoms with van der Waals surface area (Å²) in [7, 11) is 0. The van der Waals surface area contributed by atoms with Crippen LogP contribution in [0, 0.1) is 0 Å². The molecule has 0 aliphatic rings. The number of rotatable bonds is 6. The SMILES string of the molecule is CC(NC(=O)CCc1nc(-c2cccs2)no1)c1ccccc1Cl. The Bertz CT molecular complexity index is 817. The van der Waals surface area contributed by atoms with Crippen molar-refractivity contribution >= 4 is 28.8 Å². The van der Waals surface area contributed by atoms with Crippen LogP contribution in [-0.4, -0.2) is 16.0 Å². The topological polar surface area (TPSA) is 68.0 Å². The van der Waals surface area contributed by atoms with Crippen molar-refractivity contribution in [1.29, 1.82) is 0 Å². The van der Waals surface area contributed by atoms with Gasteiger partial charge in [-0.15, -0.1) is 11.3 Å². The summed E-state index contributed by atoms with van der Waals surface area (Å²) < 4.78 is 5.19. The van der Waals surface area contributed by atoms with E-state index in [-0.39, 0.29) is 18.4 Å². The van der Waals surface area contributed by atoms with Crippen LogP contribution >= 0.6 is 22.9 Å². The minimum absolute atomic E-state index is 0.0849. The summed E-state index contributed by atoms with van der Waals surface area (Å²) in [6, 6.07) is 11.2. The number of thiophene rings is 1. The normalized spacial score (nSPS) is 12.1. The standard InChI is InChI=1S/C17H16ClN3O2S/c1-11(12-5-2-3-6-13(12)18)19-15(22)8-9-16-20-17(21-23-16)14-7-4-10-24-14/h2-7,10-11H,8-9H2,1H3,(H,19,22). The van der Waals surface area contributed by atoms with E-state index in [1.165, 1.54) is 0 Å². The summed E-state index contributed by atoms with van der Waals surface area (Å²) in [5.74, 6) is 0.932. The molecule has 0 fully saturated rings. The van der Waals surface area contributed by atoms with Crippen LogP contribution in [-0.2, 0) is 11.2 Å². The van der Waals surface area contributed by atoms with Gasteiger partial charge in [0.1, 0.15) is 0 Å². The molecule has 1 atom stereocenters. The Kier molecular flexibility index (Phi) is 5.27. The maximum absolute atomic E-state index is 12.1. The van der Waals surface area contributed by atoms with Crippen LogP contribution in [0.2, 0.25) is 5.02 Å². The third-order valence-corrected chi connectivity index (χ3v) is 4.73. The molecule has 0 aliphatic carbocycles. The van der Waals surface area contributed by atoms with E-state index in [0.717, 1.165) is 10.4 Å². The molecule has 1 N–H and O–H groups in total. The maximum Gasteiger partial charge on any atom is 0.227 e. The number of aromatic nitrogens is 2. The van der Waals surface area contributed by atoms with Crippen LogP contribution in [0.3, 0.4) is 0 Å². The average molecular weight is 362 g/mol. The molecule has 124 valence electrons. The first-order valence-corrected chi connectivity index (χ1v) is 8.79. The van der Waals surface area contributed by atoms with E-state index in [1.807, 2.05) is 48.7 Å². The second-order valence-electron chi connectivity index (χ2n) is 5.30. The minimum Gasteiger partial charge on any atom is -0.350 e. The average Bonchev–Trinajstić information content (AvgIpc) is 3.24. The molecule has 0 saturated heterocycles. The molecule has 1 aromatic carbocycles. The first-order valence-electron chi connectivity index (χ1n) is 7.53. The molecule has 1 amide bonds. The Hall–Kier alpha value is -2.18. The van der Waals surface area contributed by atoms with Crippen LogP contribution in [0.1, 0.15) is 30.8 Å². The zero-order chi connectivity index (χ0) is 16.9. The molecular formula is C17H16ClN3O2S. The van der Waals surface area contributed by atoms with Crippen LogP contribution in [0.5, 0.6) is 0 Å². The molecule has 1 unspecified atom stereocenters. The summed E-state index contributed by atoms with van der Waals surface area (Å²) >= 11 is 7.69. The third kappa shape index (κ3) is 4.01. The molecule has 7 heteroatoms. The first-order chi connectivity index (χ1) is 11.6. The van der Waals surface area contributed by atoms with Crippen molar-refractivity contribution in [3.8, 4) is 10.7 Å². The highest BCUT2D eigenvalue weighted by molar-refractivity contribution is 7.13. The second kappa shape index (κ2) is 7.59.